The maximum Gasteiger partial charge on any atom is 0.262 e. The summed E-state index contributed by atoms with van der Waals surface area (Å²) in [4.78, 5) is 16.1. The molecule has 0 aliphatic heterocycles. The summed E-state index contributed by atoms with van der Waals surface area (Å²) in [6, 6.07) is 6.60. The van der Waals surface area contributed by atoms with Crippen LogP contribution in [0, 0.1) is 6.92 Å². The fraction of sp³-hybridized carbons (Fsp3) is 0.133. The predicted molar refractivity (Wildman–Crippen MR) is 89.2 cm³/mol. The number of aryl methyl sites for hydroxylation is 1. The first-order chi connectivity index (χ1) is 11.0. The standard InChI is InChI=1S/C15H12Cl2N4O2/c1-8-11-5-10(6-18-15(11)21-20-8)19-14(22)7-23-13-4-9(16)2-3-12(13)17/h2-6H,7H2,1H3,(H,19,22)(H,18,20,21). The number of nitrogens with zero attached hydrogens (tertiary/aromatic N) is 2. The number of amides is 1. The number of carbonyl (C=O) groups excluding carboxylic acids is 1. The van der Waals surface area contributed by atoms with E-state index >= 15 is 0 Å². The summed E-state index contributed by atoms with van der Waals surface area (Å²) in [5, 5.41) is 11.3. The van der Waals surface area contributed by atoms with Gasteiger partial charge in [0.1, 0.15) is 5.75 Å². The predicted octanol–water partition coefficient (Wildman–Crippen LogP) is 3.59. The van der Waals surface area contributed by atoms with Crippen LogP contribution in [0.25, 0.3) is 11.0 Å². The van der Waals surface area contributed by atoms with Gasteiger partial charge in [-0.15, -0.1) is 0 Å². The molecule has 2 N–H and O–H groups in total. The molecule has 0 saturated heterocycles. The largest absolute Gasteiger partial charge is 0.482 e. The molecule has 2 aromatic heterocycles. The third-order valence-electron chi connectivity index (χ3n) is 3.14. The second-order valence-corrected chi connectivity index (χ2v) is 5.70. The topological polar surface area (TPSA) is 79.9 Å². The lowest BCUT2D eigenvalue weighted by molar-refractivity contribution is -0.118. The number of halogens is 2. The second kappa shape index (κ2) is 6.44. The summed E-state index contributed by atoms with van der Waals surface area (Å²) in [7, 11) is 0. The first kappa shape index (κ1) is 15.6. The number of pyridine rings is 1. The lowest BCUT2D eigenvalue weighted by atomic mass is 10.2. The van der Waals surface area contributed by atoms with Crippen LogP contribution in [0.1, 0.15) is 5.69 Å². The zero-order valence-corrected chi connectivity index (χ0v) is 13.6. The van der Waals surface area contributed by atoms with Crippen molar-refractivity contribution in [3.63, 3.8) is 0 Å². The van der Waals surface area contributed by atoms with Crippen LogP contribution < -0.4 is 10.1 Å². The molecule has 0 radical (unpaired) electrons. The fourth-order valence-electron chi connectivity index (χ4n) is 2.02. The number of H-pyrrole nitrogens is 1. The van der Waals surface area contributed by atoms with Crippen LogP contribution in [0.15, 0.2) is 30.5 Å². The van der Waals surface area contributed by atoms with Gasteiger partial charge in [0, 0.05) is 22.2 Å². The van der Waals surface area contributed by atoms with Crippen LogP contribution in [-0.2, 0) is 4.79 Å². The van der Waals surface area contributed by atoms with Crippen molar-refractivity contribution >= 4 is 45.8 Å². The molecule has 0 aliphatic rings. The summed E-state index contributed by atoms with van der Waals surface area (Å²) in [5.41, 5.74) is 2.04. The number of anilines is 1. The minimum absolute atomic E-state index is 0.192. The van der Waals surface area contributed by atoms with Crippen molar-refractivity contribution < 1.29 is 9.53 Å². The number of fused-ring (bicyclic) bond motifs is 1. The Morgan fingerprint density at radius 3 is 3.00 bits per heavy atom. The highest BCUT2D eigenvalue weighted by Gasteiger charge is 2.09. The maximum absolute atomic E-state index is 12.0. The van der Waals surface area contributed by atoms with Crippen molar-refractivity contribution in [1.29, 1.82) is 0 Å². The zero-order chi connectivity index (χ0) is 16.4. The monoisotopic (exact) mass is 350 g/mol. The summed E-state index contributed by atoms with van der Waals surface area (Å²) < 4.78 is 5.38. The Balaban J connectivity index is 1.66. The Kier molecular flexibility index (Phi) is 4.36. The van der Waals surface area contributed by atoms with Gasteiger partial charge >= 0.3 is 0 Å². The average molecular weight is 351 g/mol. The molecule has 3 rings (SSSR count). The number of aromatic amines is 1. The second-order valence-electron chi connectivity index (χ2n) is 4.86. The number of hydrogen-bond donors (Lipinski definition) is 2. The SMILES string of the molecule is Cc1[nH]nc2ncc(NC(=O)COc3cc(Cl)ccc3Cl)cc12. The highest BCUT2D eigenvalue weighted by molar-refractivity contribution is 6.34. The molecule has 2 heterocycles. The van der Waals surface area contributed by atoms with Crippen LogP contribution in [0.5, 0.6) is 5.75 Å². The maximum atomic E-state index is 12.0. The van der Waals surface area contributed by atoms with Gasteiger partial charge in [-0.3, -0.25) is 9.89 Å². The van der Waals surface area contributed by atoms with Crippen molar-refractivity contribution in [3.05, 3.63) is 46.2 Å². The van der Waals surface area contributed by atoms with Gasteiger partial charge in [0.2, 0.25) is 0 Å². The van der Waals surface area contributed by atoms with Crippen molar-refractivity contribution in [2.45, 2.75) is 6.92 Å². The number of hydrogen-bond acceptors (Lipinski definition) is 4. The summed E-state index contributed by atoms with van der Waals surface area (Å²) >= 11 is 11.8. The molecule has 23 heavy (non-hydrogen) atoms. The number of aromatic nitrogens is 3. The van der Waals surface area contributed by atoms with Gasteiger partial charge in [0.05, 0.1) is 16.9 Å². The molecule has 0 saturated carbocycles. The van der Waals surface area contributed by atoms with E-state index < -0.39 is 0 Å². The molecule has 0 unspecified atom stereocenters. The Bertz CT molecular complexity index is 879. The molecule has 0 spiro atoms. The minimum atomic E-state index is -0.330. The number of nitrogens with one attached hydrogen (secondary N) is 2. The van der Waals surface area contributed by atoms with Crippen molar-refractivity contribution in [1.82, 2.24) is 15.2 Å². The molecule has 1 amide bonds. The molecule has 0 aliphatic carbocycles. The number of ether oxygens (including phenoxy) is 1. The van der Waals surface area contributed by atoms with Gasteiger partial charge in [-0.2, -0.15) is 5.10 Å². The average Bonchev–Trinajstić information content (AvgIpc) is 2.89. The highest BCUT2D eigenvalue weighted by Crippen LogP contribution is 2.27. The van der Waals surface area contributed by atoms with E-state index in [4.69, 9.17) is 27.9 Å². The van der Waals surface area contributed by atoms with Crippen LogP contribution in [0.3, 0.4) is 0 Å². The van der Waals surface area contributed by atoms with Crippen LogP contribution >= 0.6 is 23.2 Å². The lowest BCUT2D eigenvalue weighted by Crippen LogP contribution is -2.20. The number of benzene rings is 1. The Morgan fingerprint density at radius 2 is 2.17 bits per heavy atom. The van der Waals surface area contributed by atoms with Gasteiger partial charge < -0.3 is 10.1 Å². The molecule has 8 heteroatoms. The Labute approximate surface area is 141 Å². The van der Waals surface area contributed by atoms with E-state index in [1.165, 1.54) is 6.20 Å². The molecule has 0 fully saturated rings. The summed E-state index contributed by atoms with van der Waals surface area (Å²) in [5.74, 6) is 0.0249. The number of rotatable bonds is 4. The Morgan fingerprint density at radius 1 is 1.35 bits per heavy atom. The van der Waals surface area contributed by atoms with Crippen LogP contribution in [-0.4, -0.2) is 27.7 Å². The van der Waals surface area contributed by atoms with Gasteiger partial charge in [-0.05, 0) is 25.1 Å². The molecule has 118 valence electrons. The van der Waals surface area contributed by atoms with E-state index in [2.05, 4.69) is 20.5 Å². The van der Waals surface area contributed by atoms with Gasteiger partial charge in [-0.25, -0.2) is 4.98 Å². The van der Waals surface area contributed by atoms with Crippen molar-refractivity contribution in [2.24, 2.45) is 0 Å². The van der Waals surface area contributed by atoms with E-state index in [-0.39, 0.29) is 12.5 Å². The highest BCUT2D eigenvalue weighted by atomic mass is 35.5. The smallest absolute Gasteiger partial charge is 0.262 e. The zero-order valence-electron chi connectivity index (χ0n) is 12.1. The first-order valence-electron chi connectivity index (χ1n) is 6.71. The number of carbonyl (C=O) groups is 1. The van der Waals surface area contributed by atoms with E-state index in [9.17, 15) is 4.79 Å². The summed E-state index contributed by atoms with van der Waals surface area (Å²) in [6.07, 6.45) is 1.53. The molecule has 3 aromatic rings. The van der Waals surface area contributed by atoms with Gasteiger partial charge in [0.25, 0.3) is 5.91 Å². The van der Waals surface area contributed by atoms with Crippen molar-refractivity contribution in [2.75, 3.05) is 11.9 Å². The molecule has 0 bridgehead atoms. The van der Waals surface area contributed by atoms with Crippen LogP contribution in [0.4, 0.5) is 5.69 Å². The normalized spacial score (nSPS) is 10.7. The minimum Gasteiger partial charge on any atom is -0.482 e. The van der Waals surface area contributed by atoms with E-state index in [0.29, 0.717) is 27.1 Å². The molecule has 6 nitrogen and oxygen atoms in total. The molecule has 0 atom stereocenters. The van der Waals surface area contributed by atoms with Gasteiger partial charge in [-0.1, -0.05) is 23.2 Å². The first-order valence-corrected chi connectivity index (χ1v) is 7.47. The van der Waals surface area contributed by atoms with Crippen molar-refractivity contribution in [3.8, 4) is 5.75 Å². The lowest BCUT2D eigenvalue weighted by Gasteiger charge is -2.09. The third-order valence-corrected chi connectivity index (χ3v) is 3.68. The molecular weight excluding hydrogens is 339 g/mol. The van der Waals surface area contributed by atoms with Crippen LogP contribution in [0.2, 0.25) is 10.0 Å². The molecule has 1 aromatic carbocycles. The quantitative estimate of drug-likeness (QED) is 0.753. The Hall–Kier alpha value is -2.31. The van der Waals surface area contributed by atoms with E-state index in [1.807, 2.05) is 6.92 Å². The van der Waals surface area contributed by atoms with Gasteiger partial charge in [0.15, 0.2) is 12.3 Å². The fourth-order valence-corrected chi connectivity index (χ4v) is 2.35. The molecular formula is C15H12Cl2N4O2. The summed E-state index contributed by atoms with van der Waals surface area (Å²) in [6.45, 7) is 1.69. The third kappa shape index (κ3) is 3.55. The van der Waals surface area contributed by atoms with E-state index in [0.717, 1.165) is 11.1 Å². The van der Waals surface area contributed by atoms with E-state index in [1.54, 1.807) is 24.3 Å².